The fraction of sp³-hybridized carbons (Fsp3) is 0.276. The van der Waals surface area contributed by atoms with Gasteiger partial charge in [-0.1, -0.05) is 19.9 Å². The molecule has 0 radical (unpaired) electrons. The first-order valence-corrected chi connectivity index (χ1v) is 12.5. The van der Waals surface area contributed by atoms with Crippen LogP contribution in [0.5, 0.6) is 0 Å². The predicted molar refractivity (Wildman–Crippen MR) is 143 cm³/mol. The number of anilines is 1. The standard InChI is InChI=1S/C29H29N7/c1-19(2)23-16-36(26-11-10-20(13-30)12-24(26)33-22-6-4-7-22)28-9-5-8-27(29(23)28)35-17-25(31-18-35)21-14-32-34(3)15-21/h5,8-12,14-19,22,33H,4,6-7H2,1-3H3. The Hall–Kier alpha value is -4.31. The highest BCUT2D eigenvalue weighted by atomic mass is 15.2. The summed E-state index contributed by atoms with van der Waals surface area (Å²) in [5, 5.41) is 18.7. The number of nitrogens with zero attached hydrogens (tertiary/aromatic N) is 6. The normalized spacial score (nSPS) is 13.8. The Balaban J connectivity index is 1.52. The zero-order valence-corrected chi connectivity index (χ0v) is 20.8. The van der Waals surface area contributed by atoms with Gasteiger partial charge in [0, 0.05) is 42.6 Å². The molecular formula is C29H29N7. The number of nitriles is 1. The van der Waals surface area contributed by atoms with E-state index in [0.29, 0.717) is 17.5 Å². The summed E-state index contributed by atoms with van der Waals surface area (Å²) < 4.78 is 6.17. The molecule has 0 aliphatic heterocycles. The first-order valence-electron chi connectivity index (χ1n) is 12.5. The highest BCUT2D eigenvalue weighted by Gasteiger charge is 2.22. The Morgan fingerprint density at radius 1 is 1.08 bits per heavy atom. The van der Waals surface area contributed by atoms with E-state index in [2.05, 4.69) is 81.1 Å². The number of fused-ring (bicyclic) bond motifs is 1. The molecule has 180 valence electrons. The molecule has 3 heterocycles. The minimum Gasteiger partial charge on any atom is -0.381 e. The van der Waals surface area contributed by atoms with Crippen molar-refractivity contribution in [1.82, 2.24) is 23.9 Å². The van der Waals surface area contributed by atoms with Crippen LogP contribution in [0.4, 0.5) is 5.69 Å². The first-order chi connectivity index (χ1) is 17.5. The maximum atomic E-state index is 9.53. The molecule has 1 saturated carbocycles. The van der Waals surface area contributed by atoms with Gasteiger partial charge in [0.25, 0.3) is 0 Å². The fourth-order valence-electron chi connectivity index (χ4n) is 5.01. The Morgan fingerprint density at radius 3 is 2.64 bits per heavy atom. The van der Waals surface area contributed by atoms with E-state index in [1.54, 1.807) is 4.68 Å². The number of aromatic nitrogens is 5. The van der Waals surface area contributed by atoms with Gasteiger partial charge in [-0.3, -0.25) is 4.68 Å². The van der Waals surface area contributed by atoms with Crippen LogP contribution in [0.3, 0.4) is 0 Å². The third kappa shape index (κ3) is 3.75. The lowest BCUT2D eigenvalue weighted by molar-refractivity contribution is 0.445. The van der Waals surface area contributed by atoms with Crippen molar-refractivity contribution < 1.29 is 0 Å². The number of nitrogens with one attached hydrogen (secondary N) is 1. The van der Waals surface area contributed by atoms with Crippen LogP contribution in [0.25, 0.3) is 33.5 Å². The summed E-state index contributed by atoms with van der Waals surface area (Å²) in [6, 6.07) is 15.1. The summed E-state index contributed by atoms with van der Waals surface area (Å²) in [6.45, 7) is 4.47. The molecule has 36 heavy (non-hydrogen) atoms. The molecule has 0 atom stereocenters. The molecule has 0 unspecified atom stereocenters. The quantitative estimate of drug-likeness (QED) is 0.318. The van der Waals surface area contributed by atoms with E-state index in [1.165, 1.54) is 30.2 Å². The fourth-order valence-corrected chi connectivity index (χ4v) is 5.01. The summed E-state index contributed by atoms with van der Waals surface area (Å²) in [5.41, 5.74) is 8.14. The summed E-state index contributed by atoms with van der Waals surface area (Å²) in [6.07, 6.45) is 13.6. The molecule has 1 N–H and O–H groups in total. The van der Waals surface area contributed by atoms with Crippen LogP contribution >= 0.6 is 0 Å². The van der Waals surface area contributed by atoms with Crippen molar-refractivity contribution in [2.45, 2.75) is 45.1 Å². The molecule has 1 aliphatic carbocycles. The average Bonchev–Trinajstić information content (AvgIpc) is 3.59. The maximum Gasteiger partial charge on any atom is 0.0999 e. The van der Waals surface area contributed by atoms with Gasteiger partial charge in [-0.2, -0.15) is 10.4 Å². The van der Waals surface area contributed by atoms with Crippen LogP contribution in [-0.4, -0.2) is 29.9 Å². The highest BCUT2D eigenvalue weighted by Crippen LogP contribution is 2.37. The highest BCUT2D eigenvalue weighted by molar-refractivity contribution is 5.94. The van der Waals surface area contributed by atoms with Crippen LogP contribution in [0.2, 0.25) is 0 Å². The monoisotopic (exact) mass is 475 g/mol. The molecule has 6 rings (SSSR count). The second-order valence-electron chi connectivity index (χ2n) is 9.97. The molecule has 7 nitrogen and oxygen atoms in total. The molecule has 0 spiro atoms. The molecule has 1 fully saturated rings. The Bertz CT molecular complexity index is 1600. The zero-order valence-electron chi connectivity index (χ0n) is 20.8. The van der Waals surface area contributed by atoms with Crippen molar-refractivity contribution in [1.29, 1.82) is 5.26 Å². The maximum absolute atomic E-state index is 9.53. The molecule has 5 aromatic rings. The average molecular weight is 476 g/mol. The Kier molecular flexibility index (Phi) is 5.37. The van der Waals surface area contributed by atoms with Gasteiger partial charge in [-0.25, -0.2) is 4.98 Å². The van der Waals surface area contributed by atoms with Crippen molar-refractivity contribution >= 4 is 16.6 Å². The summed E-state index contributed by atoms with van der Waals surface area (Å²) in [4.78, 5) is 4.67. The van der Waals surface area contributed by atoms with Gasteiger partial charge in [-0.05, 0) is 61.1 Å². The minimum absolute atomic E-state index is 0.331. The molecule has 0 saturated heterocycles. The Morgan fingerprint density at radius 2 is 1.94 bits per heavy atom. The number of hydrogen-bond acceptors (Lipinski definition) is 4. The SMILES string of the molecule is CC(C)c1cn(-c2ccc(C#N)cc2NC2CCC2)c2cccc(-n3cnc(-c4cnn(C)c4)c3)c12. The first kappa shape index (κ1) is 22.2. The van der Waals surface area contributed by atoms with Crippen LogP contribution in [0.15, 0.2) is 67.5 Å². The van der Waals surface area contributed by atoms with E-state index < -0.39 is 0 Å². The van der Waals surface area contributed by atoms with Gasteiger partial charge < -0.3 is 14.5 Å². The lowest BCUT2D eigenvalue weighted by Crippen LogP contribution is -2.27. The number of hydrogen-bond donors (Lipinski definition) is 1. The van der Waals surface area contributed by atoms with Crippen molar-refractivity contribution in [2.24, 2.45) is 7.05 Å². The second-order valence-corrected chi connectivity index (χ2v) is 9.97. The van der Waals surface area contributed by atoms with Crippen molar-refractivity contribution in [3.63, 3.8) is 0 Å². The van der Waals surface area contributed by atoms with Crippen LogP contribution in [0.1, 0.15) is 50.2 Å². The minimum atomic E-state index is 0.331. The van der Waals surface area contributed by atoms with Gasteiger partial charge in [0.1, 0.15) is 0 Å². The topological polar surface area (TPSA) is 76.4 Å². The largest absolute Gasteiger partial charge is 0.381 e. The van der Waals surface area contributed by atoms with E-state index in [-0.39, 0.29) is 0 Å². The summed E-state index contributed by atoms with van der Waals surface area (Å²) >= 11 is 0. The third-order valence-electron chi connectivity index (χ3n) is 7.17. The van der Waals surface area contributed by atoms with Crippen molar-refractivity contribution in [3.05, 3.63) is 78.6 Å². The number of rotatable bonds is 6. The molecule has 0 bridgehead atoms. The van der Waals surface area contributed by atoms with Crippen molar-refractivity contribution in [3.8, 4) is 28.7 Å². The number of imidazole rings is 1. The van der Waals surface area contributed by atoms with Crippen LogP contribution < -0.4 is 5.32 Å². The van der Waals surface area contributed by atoms with Crippen LogP contribution in [-0.2, 0) is 7.05 Å². The molecule has 3 aromatic heterocycles. The molecule has 7 heteroatoms. The summed E-state index contributed by atoms with van der Waals surface area (Å²) in [7, 11) is 1.91. The van der Waals surface area contributed by atoms with Gasteiger partial charge in [0.2, 0.25) is 0 Å². The molecule has 1 aliphatic rings. The van der Waals surface area contributed by atoms with Gasteiger partial charge in [-0.15, -0.1) is 0 Å². The van der Waals surface area contributed by atoms with E-state index in [1.807, 2.05) is 37.9 Å². The Labute approximate surface area is 210 Å². The molecule has 0 amide bonds. The third-order valence-corrected chi connectivity index (χ3v) is 7.17. The zero-order chi connectivity index (χ0) is 24.8. The lowest BCUT2D eigenvalue weighted by Gasteiger charge is -2.29. The van der Waals surface area contributed by atoms with E-state index in [9.17, 15) is 5.26 Å². The second kappa shape index (κ2) is 8.72. The van der Waals surface area contributed by atoms with Gasteiger partial charge in [0.15, 0.2) is 0 Å². The molecule has 2 aromatic carbocycles. The number of benzene rings is 2. The van der Waals surface area contributed by atoms with E-state index in [4.69, 9.17) is 0 Å². The smallest absolute Gasteiger partial charge is 0.0999 e. The van der Waals surface area contributed by atoms with Gasteiger partial charge in [0.05, 0.1) is 52.4 Å². The van der Waals surface area contributed by atoms with Crippen molar-refractivity contribution in [2.75, 3.05) is 5.32 Å². The van der Waals surface area contributed by atoms with Crippen LogP contribution in [0, 0.1) is 11.3 Å². The number of aryl methyl sites for hydroxylation is 1. The van der Waals surface area contributed by atoms with E-state index in [0.717, 1.165) is 33.8 Å². The van der Waals surface area contributed by atoms with Gasteiger partial charge >= 0.3 is 0 Å². The van der Waals surface area contributed by atoms with E-state index >= 15 is 0 Å². The molecular weight excluding hydrogens is 446 g/mol. The lowest BCUT2D eigenvalue weighted by atomic mass is 9.93. The predicted octanol–water partition coefficient (Wildman–Crippen LogP) is 6.18. The summed E-state index contributed by atoms with van der Waals surface area (Å²) in [5.74, 6) is 0.331.